The molecule has 3 rings (SSSR count). The van der Waals surface area contributed by atoms with Crippen molar-refractivity contribution in [2.24, 2.45) is 0 Å². The molecule has 3 N–H and O–H groups in total. The van der Waals surface area contributed by atoms with Crippen molar-refractivity contribution < 1.29 is 19.5 Å². The molecule has 0 unspecified atom stereocenters. The van der Waals surface area contributed by atoms with Crippen LogP contribution in [0, 0.1) is 3.57 Å². The molecule has 1 aliphatic heterocycles. The van der Waals surface area contributed by atoms with Crippen molar-refractivity contribution in [2.45, 2.75) is 0 Å². The summed E-state index contributed by atoms with van der Waals surface area (Å²) in [6, 6.07) is 13.4. The van der Waals surface area contributed by atoms with Gasteiger partial charge in [-0.25, -0.2) is 4.79 Å². The number of hydrogen-bond acceptors (Lipinski definition) is 3. The normalized spacial score (nSPS) is 13.5. The predicted octanol–water partition coefficient (Wildman–Crippen LogP) is 1.95. The van der Waals surface area contributed by atoms with E-state index < -0.39 is 17.8 Å². The Labute approximate surface area is 150 Å². The van der Waals surface area contributed by atoms with Crippen molar-refractivity contribution in [3.63, 3.8) is 0 Å². The van der Waals surface area contributed by atoms with Gasteiger partial charge in [0.25, 0.3) is 11.8 Å². The van der Waals surface area contributed by atoms with Crippen molar-refractivity contribution in [3.8, 4) is 0 Å². The Morgan fingerprint density at radius 1 is 0.875 bits per heavy atom. The fraction of sp³-hybridized carbons (Fsp3) is 0. The van der Waals surface area contributed by atoms with Crippen LogP contribution in [0.15, 0.2) is 54.1 Å². The molecule has 0 aromatic heterocycles. The lowest BCUT2D eigenvalue weighted by molar-refractivity contribution is -0.117. The summed E-state index contributed by atoms with van der Waals surface area (Å²) in [7, 11) is 0. The summed E-state index contributed by atoms with van der Waals surface area (Å²) in [6.07, 6.45) is 0. The first-order chi connectivity index (χ1) is 11.5. The summed E-state index contributed by atoms with van der Waals surface area (Å²) >= 11 is 2.15. The van der Waals surface area contributed by atoms with Gasteiger partial charge in [0.1, 0.15) is 5.57 Å². The fourth-order valence-corrected chi connectivity index (χ4v) is 2.81. The first-order valence-corrected chi connectivity index (χ1v) is 8.00. The Balaban J connectivity index is 2.27. The number of aromatic carboxylic acids is 1. The van der Waals surface area contributed by atoms with Gasteiger partial charge in [-0.3, -0.25) is 20.4 Å². The number of carbonyl (C=O) groups is 3. The van der Waals surface area contributed by atoms with Crippen molar-refractivity contribution in [2.75, 3.05) is 0 Å². The first kappa shape index (κ1) is 16.2. The van der Waals surface area contributed by atoms with Gasteiger partial charge in [0, 0.05) is 9.14 Å². The first-order valence-electron chi connectivity index (χ1n) is 6.92. The molecule has 2 amide bonds. The van der Waals surface area contributed by atoms with Gasteiger partial charge in [0.15, 0.2) is 0 Å². The minimum absolute atomic E-state index is 0.0428. The molecule has 1 fully saturated rings. The van der Waals surface area contributed by atoms with E-state index in [0.717, 1.165) is 3.57 Å². The van der Waals surface area contributed by atoms with Crippen LogP contribution in [-0.4, -0.2) is 22.9 Å². The molecular formula is C17H11IN2O4. The maximum absolute atomic E-state index is 12.1. The van der Waals surface area contributed by atoms with Crippen LogP contribution >= 0.6 is 22.6 Å². The molecule has 0 aliphatic carbocycles. The number of benzene rings is 2. The van der Waals surface area contributed by atoms with E-state index in [-0.39, 0.29) is 11.1 Å². The molecule has 6 nitrogen and oxygen atoms in total. The van der Waals surface area contributed by atoms with E-state index in [9.17, 15) is 19.5 Å². The highest BCUT2D eigenvalue weighted by atomic mass is 127. The highest BCUT2D eigenvalue weighted by Crippen LogP contribution is 2.29. The van der Waals surface area contributed by atoms with Crippen molar-refractivity contribution in [1.82, 2.24) is 10.9 Å². The molecule has 1 saturated heterocycles. The number of hydrazine groups is 1. The molecule has 7 heteroatoms. The molecule has 1 heterocycles. The Bertz CT molecular complexity index is 870. The van der Waals surface area contributed by atoms with Crippen LogP contribution < -0.4 is 10.9 Å². The van der Waals surface area contributed by atoms with Crippen LogP contribution in [-0.2, 0) is 9.59 Å². The van der Waals surface area contributed by atoms with Gasteiger partial charge in [-0.05, 0) is 58.0 Å². The number of hydrogen-bond donors (Lipinski definition) is 3. The molecule has 0 atom stereocenters. The Hall–Kier alpha value is -2.68. The highest BCUT2D eigenvalue weighted by Gasteiger charge is 2.30. The zero-order valence-electron chi connectivity index (χ0n) is 12.2. The van der Waals surface area contributed by atoms with E-state index in [2.05, 4.69) is 33.4 Å². The summed E-state index contributed by atoms with van der Waals surface area (Å²) < 4.78 is 1.00. The fourth-order valence-electron chi connectivity index (χ4n) is 2.45. The largest absolute Gasteiger partial charge is 0.478 e. The van der Waals surface area contributed by atoms with E-state index in [1.54, 1.807) is 24.3 Å². The third-order valence-electron chi connectivity index (χ3n) is 3.52. The second-order valence-corrected chi connectivity index (χ2v) is 6.30. The van der Waals surface area contributed by atoms with Crippen LogP contribution in [0.1, 0.15) is 21.5 Å². The average Bonchev–Trinajstić information content (AvgIpc) is 2.89. The lowest BCUT2D eigenvalue weighted by atomic mass is 9.91. The van der Waals surface area contributed by atoms with Crippen LogP contribution in [0.4, 0.5) is 0 Å². The van der Waals surface area contributed by atoms with Gasteiger partial charge in [-0.1, -0.05) is 24.3 Å². The molecular weight excluding hydrogens is 423 g/mol. The third kappa shape index (κ3) is 3.02. The lowest BCUT2D eigenvalue weighted by Crippen LogP contribution is -2.28. The van der Waals surface area contributed by atoms with Gasteiger partial charge < -0.3 is 5.11 Å². The number of nitrogens with one attached hydrogen (secondary N) is 2. The molecule has 0 saturated carbocycles. The van der Waals surface area contributed by atoms with Gasteiger partial charge in [0.05, 0.1) is 5.56 Å². The Morgan fingerprint density at radius 3 is 2.04 bits per heavy atom. The van der Waals surface area contributed by atoms with Crippen LogP contribution in [0.5, 0.6) is 0 Å². The number of carboxylic acids is 1. The minimum Gasteiger partial charge on any atom is -0.478 e. The van der Waals surface area contributed by atoms with Crippen molar-refractivity contribution in [1.29, 1.82) is 0 Å². The highest BCUT2D eigenvalue weighted by molar-refractivity contribution is 14.1. The van der Waals surface area contributed by atoms with Gasteiger partial charge in [-0.2, -0.15) is 0 Å². The molecule has 1 aliphatic rings. The Kier molecular flexibility index (Phi) is 4.34. The van der Waals surface area contributed by atoms with Crippen molar-refractivity contribution in [3.05, 3.63) is 74.4 Å². The number of halogens is 1. The van der Waals surface area contributed by atoms with Crippen LogP contribution in [0.3, 0.4) is 0 Å². The van der Waals surface area contributed by atoms with Gasteiger partial charge >= 0.3 is 5.97 Å². The van der Waals surface area contributed by atoms with Crippen LogP contribution in [0.25, 0.3) is 5.57 Å². The van der Waals surface area contributed by atoms with Gasteiger partial charge in [-0.15, -0.1) is 0 Å². The third-order valence-corrected chi connectivity index (χ3v) is 4.24. The molecule has 120 valence electrons. The zero-order chi connectivity index (χ0) is 17.3. The van der Waals surface area contributed by atoms with E-state index >= 15 is 0 Å². The molecule has 0 radical (unpaired) electrons. The van der Waals surface area contributed by atoms with E-state index in [1.165, 1.54) is 12.1 Å². The quantitative estimate of drug-likeness (QED) is 0.391. The second-order valence-electron chi connectivity index (χ2n) is 5.05. The van der Waals surface area contributed by atoms with Crippen LogP contribution in [0.2, 0.25) is 0 Å². The second kappa shape index (κ2) is 6.44. The van der Waals surface area contributed by atoms with E-state index in [1.807, 2.05) is 12.1 Å². The number of carbonyl (C=O) groups excluding carboxylic acids is 2. The molecule has 0 bridgehead atoms. The summed E-state index contributed by atoms with van der Waals surface area (Å²) in [5, 5.41) is 9.19. The molecule has 24 heavy (non-hydrogen) atoms. The number of carboxylic acid groups (broad SMARTS) is 1. The summed E-state index contributed by atoms with van der Waals surface area (Å²) in [5.41, 5.74) is 6.11. The SMILES string of the molecule is O=C1NNC(=O)C1=C(c1ccc(I)cc1)c1cccc(C(=O)O)c1. The number of rotatable bonds is 3. The van der Waals surface area contributed by atoms with Gasteiger partial charge in [0.2, 0.25) is 0 Å². The van der Waals surface area contributed by atoms with Crippen molar-refractivity contribution >= 4 is 45.9 Å². The molecule has 2 aromatic rings. The average molecular weight is 434 g/mol. The summed E-state index contributed by atoms with van der Waals surface area (Å²) in [4.78, 5) is 35.4. The Morgan fingerprint density at radius 2 is 1.46 bits per heavy atom. The standard InChI is InChI=1S/C17H11IN2O4/c18-12-6-4-9(5-7-12)13(14-15(21)19-20-16(14)22)10-2-1-3-11(8-10)17(23)24/h1-8H,(H,19,21)(H,20,22)(H,23,24). The minimum atomic E-state index is -1.08. The summed E-state index contributed by atoms with van der Waals surface area (Å²) in [6.45, 7) is 0. The number of amides is 2. The summed E-state index contributed by atoms with van der Waals surface area (Å²) in [5.74, 6) is -2.17. The molecule has 2 aromatic carbocycles. The lowest BCUT2D eigenvalue weighted by Gasteiger charge is -2.11. The topological polar surface area (TPSA) is 95.5 Å². The van der Waals surface area contributed by atoms with E-state index in [4.69, 9.17) is 0 Å². The smallest absolute Gasteiger partial charge is 0.335 e. The maximum Gasteiger partial charge on any atom is 0.335 e. The zero-order valence-corrected chi connectivity index (χ0v) is 14.3. The monoisotopic (exact) mass is 434 g/mol. The molecule has 0 spiro atoms. The van der Waals surface area contributed by atoms with E-state index in [0.29, 0.717) is 16.7 Å². The predicted molar refractivity (Wildman–Crippen MR) is 94.9 cm³/mol. The maximum atomic E-state index is 12.1.